The van der Waals surface area contributed by atoms with Gasteiger partial charge in [-0.25, -0.2) is 0 Å². The molecule has 0 aromatic heterocycles. The highest BCUT2D eigenvalue weighted by Gasteiger charge is 2.28. The molecule has 0 aliphatic carbocycles. The summed E-state index contributed by atoms with van der Waals surface area (Å²) in [6.07, 6.45) is 2.08. The second-order valence-corrected chi connectivity index (χ2v) is 3.86. The minimum absolute atomic E-state index is 0.0188. The van der Waals surface area contributed by atoms with Crippen LogP contribution >= 0.6 is 0 Å². The van der Waals surface area contributed by atoms with Gasteiger partial charge in [-0.05, 0) is 19.4 Å². The van der Waals surface area contributed by atoms with Gasteiger partial charge in [0.15, 0.2) is 0 Å². The molecule has 0 bridgehead atoms. The maximum Gasteiger partial charge on any atom is 0.242 e. The number of carbonyl (C=O) groups excluding carboxylic acids is 2. The predicted molar refractivity (Wildman–Crippen MR) is 50.6 cm³/mol. The fraction of sp³-hybridized carbons (Fsp3) is 0.778. The SMILES string of the molecule is O=C1CC[C@@H](C(=O)NC2CCNC2)N1. The van der Waals surface area contributed by atoms with Crippen LogP contribution in [0.2, 0.25) is 0 Å². The van der Waals surface area contributed by atoms with E-state index in [0.717, 1.165) is 19.5 Å². The van der Waals surface area contributed by atoms with Crippen LogP contribution in [0.3, 0.4) is 0 Å². The smallest absolute Gasteiger partial charge is 0.242 e. The molecule has 2 heterocycles. The van der Waals surface area contributed by atoms with Crippen molar-refractivity contribution in [3.63, 3.8) is 0 Å². The first-order chi connectivity index (χ1) is 6.75. The molecule has 0 aromatic rings. The van der Waals surface area contributed by atoms with Crippen molar-refractivity contribution in [2.75, 3.05) is 13.1 Å². The number of carbonyl (C=O) groups is 2. The van der Waals surface area contributed by atoms with Crippen LogP contribution in [0.15, 0.2) is 0 Å². The molecule has 2 atom stereocenters. The van der Waals surface area contributed by atoms with Gasteiger partial charge >= 0.3 is 0 Å². The molecule has 2 aliphatic rings. The van der Waals surface area contributed by atoms with Gasteiger partial charge in [0.25, 0.3) is 0 Å². The second kappa shape index (κ2) is 3.96. The van der Waals surface area contributed by atoms with Gasteiger partial charge in [-0.15, -0.1) is 0 Å². The Hall–Kier alpha value is -1.10. The van der Waals surface area contributed by atoms with Crippen LogP contribution in [0, 0.1) is 0 Å². The first kappa shape index (κ1) is 9.45. The van der Waals surface area contributed by atoms with Crippen molar-refractivity contribution < 1.29 is 9.59 Å². The first-order valence-electron chi connectivity index (χ1n) is 5.06. The Morgan fingerprint density at radius 1 is 1.43 bits per heavy atom. The summed E-state index contributed by atoms with van der Waals surface area (Å²) in [7, 11) is 0. The molecular formula is C9H15N3O2. The van der Waals surface area contributed by atoms with Gasteiger partial charge in [0.1, 0.15) is 6.04 Å². The van der Waals surface area contributed by atoms with Crippen LogP contribution in [0.4, 0.5) is 0 Å². The Labute approximate surface area is 82.6 Å². The van der Waals surface area contributed by atoms with E-state index in [0.29, 0.717) is 12.8 Å². The Kier molecular flexibility index (Phi) is 2.67. The van der Waals surface area contributed by atoms with Crippen molar-refractivity contribution in [1.82, 2.24) is 16.0 Å². The third-order valence-electron chi connectivity index (χ3n) is 2.72. The average molecular weight is 197 g/mol. The zero-order chi connectivity index (χ0) is 9.97. The molecular weight excluding hydrogens is 182 g/mol. The summed E-state index contributed by atoms with van der Waals surface area (Å²) in [6, 6.07) is -0.0666. The highest BCUT2D eigenvalue weighted by atomic mass is 16.2. The largest absolute Gasteiger partial charge is 0.350 e. The Morgan fingerprint density at radius 2 is 2.29 bits per heavy atom. The molecule has 2 aliphatic heterocycles. The van der Waals surface area contributed by atoms with E-state index in [1.54, 1.807) is 0 Å². The minimum Gasteiger partial charge on any atom is -0.350 e. The van der Waals surface area contributed by atoms with Crippen molar-refractivity contribution in [2.24, 2.45) is 0 Å². The molecule has 0 aromatic carbocycles. The zero-order valence-corrected chi connectivity index (χ0v) is 8.01. The molecule has 2 fully saturated rings. The lowest BCUT2D eigenvalue weighted by atomic mass is 10.2. The highest BCUT2D eigenvalue weighted by molar-refractivity contribution is 5.90. The Balaban J connectivity index is 1.80. The van der Waals surface area contributed by atoms with E-state index in [4.69, 9.17) is 0 Å². The summed E-state index contributed by atoms with van der Waals surface area (Å²) >= 11 is 0. The van der Waals surface area contributed by atoms with Crippen molar-refractivity contribution in [1.29, 1.82) is 0 Å². The van der Waals surface area contributed by atoms with Crippen molar-refractivity contribution >= 4 is 11.8 Å². The van der Waals surface area contributed by atoms with Gasteiger partial charge in [0.2, 0.25) is 11.8 Å². The molecule has 1 unspecified atom stereocenters. The quantitative estimate of drug-likeness (QED) is 0.517. The summed E-state index contributed by atoms with van der Waals surface area (Å²) in [5.41, 5.74) is 0. The van der Waals surface area contributed by atoms with Crippen LogP contribution in [0.25, 0.3) is 0 Å². The summed E-state index contributed by atoms with van der Waals surface area (Å²) < 4.78 is 0. The number of amides is 2. The average Bonchev–Trinajstić information content (AvgIpc) is 2.75. The Morgan fingerprint density at radius 3 is 2.86 bits per heavy atom. The van der Waals surface area contributed by atoms with E-state index < -0.39 is 0 Å². The van der Waals surface area contributed by atoms with E-state index >= 15 is 0 Å². The first-order valence-corrected chi connectivity index (χ1v) is 5.06. The molecule has 2 saturated heterocycles. The zero-order valence-electron chi connectivity index (χ0n) is 8.01. The molecule has 0 saturated carbocycles. The lowest BCUT2D eigenvalue weighted by Gasteiger charge is -2.15. The molecule has 2 rings (SSSR count). The topological polar surface area (TPSA) is 70.2 Å². The maximum atomic E-state index is 11.6. The predicted octanol–water partition coefficient (Wildman–Crippen LogP) is -1.26. The lowest BCUT2D eigenvalue weighted by Crippen LogP contribution is -2.46. The Bertz CT molecular complexity index is 248. The summed E-state index contributed by atoms with van der Waals surface area (Å²) in [5.74, 6) is -0.0563. The van der Waals surface area contributed by atoms with Crippen molar-refractivity contribution in [3.8, 4) is 0 Å². The molecule has 5 heteroatoms. The summed E-state index contributed by atoms with van der Waals surface area (Å²) in [6.45, 7) is 1.80. The number of hydrogen-bond acceptors (Lipinski definition) is 3. The van der Waals surface area contributed by atoms with E-state index in [-0.39, 0.29) is 23.9 Å². The van der Waals surface area contributed by atoms with Gasteiger partial charge in [0.05, 0.1) is 0 Å². The van der Waals surface area contributed by atoms with Crippen LogP contribution in [0.1, 0.15) is 19.3 Å². The summed E-state index contributed by atoms with van der Waals surface area (Å²) in [4.78, 5) is 22.5. The molecule has 3 N–H and O–H groups in total. The number of nitrogens with one attached hydrogen (secondary N) is 3. The molecule has 2 amide bonds. The van der Waals surface area contributed by atoms with Gasteiger partial charge < -0.3 is 16.0 Å². The summed E-state index contributed by atoms with van der Waals surface area (Å²) in [5, 5.41) is 8.76. The molecule has 14 heavy (non-hydrogen) atoms. The third-order valence-corrected chi connectivity index (χ3v) is 2.72. The fourth-order valence-corrected chi connectivity index (χ4v) is 1.89. The van der Waals surface area contributed by atoms with Crippen molar-refractivity contribution in [3.05, 3.63) is 0 Å². The molecule has 0 radical (unpaired) electrons. The van der Waals surface area contributed by atoms with Gasteiger partial charge in [-0.3, -0.25) is 9.59 Å². The highest BCUT2D eigenvalue weighted by Crippen LogP contribution is 2.07. The van der Waals surface area contributed by atoms with E-state index in [1.807, 2.05) is 0 Å². The minimum atomic E-state index is -0.303. The van der Waals surface area contributed by atoms with E-state index in [2.05, 4.69) is 16.0 Å². The lowest BCUT2D eigenvalue weighted by molar-refractivity contribution is -0.126. The van der Waals surface area contributed by atoms with Gasteiger partial charge in [-0.1, -0.05) is 0 Å². The second-order valence-electron chi connectivity index (χ2n) is 3.86. The van der Waals surface area contributed by atoms with E-state index in [1.165, 1.54) is 0 Å². The standard InChI is InChI=1S/C9H15N3O2/c13-8-2-1-7(12-8)9(14)11-6-3-4-10-5-6/h6-7,10H,1-5H2,(H,11,14)(H,12,13)/t6?,7-/m0/s1. The fourth-order valence-electron chi connectivity index (χ4n) is 1.89. The monoisotopic (exact) mass is 197 g/mol. The third kappa shape index (κ3) is 2.04. The van der Waals surface area contributed by atoms with E-state index in [9.17, 15) is 9.59 Å². The molecule has 5 nitrogen and oxygen atoms in total. The van der Waals surface area contributed by atoms with Crippen LogP contribution in [-0.4, -0.2) is 37.0 Å². The maximum absolute atomic E-state index is 11.6. The normalized spacial score (nSPS) is 31.6. The van der Waals surface area contributed by atoms with Gasteiger partial charge in [0, 0.05) is 19.0 Å². The molecule has 0 spiro atoms. The van der Waals surface area contributed by atoms with Crippen LogP contribution in [0.5, 0.6) is 0 Å². The van der Waals surface area contributed by atoms with Gasteiger partial charge in [-0.2, -0.15) is 0 Å². The number of hydrogen-bond donors (Lipinski definition) is 3. The van der Waals surface area contributed by atoms with Crippen LogP contribution in [-0.2, 0) is 9.59 Å². The molecule has 78 valence electrons. The van der Waals surface area contributed by atoms with Crippen molar-refractivity contribution in [2.45, 2.75) is 31.3 Å². The van der Waals surface area contributed by atoms with Crippen LogP contribution < -0.4 is 16.0 Å². The number of rotatable bonds is 2.